The second kappa shape index (κ2) is 8.71. The molecule has 0 aliphatic heterocycles. The van der Waals surface area contributed by atoms with E-state index in [0.717, 1.165) is 5.39 Å². The zero-order valence-corrected chi connectivity index (χ0v) is 17.2. The van der Waals surface area contributed by atoms with E-state index in [1.165, 1.54) is 4.90 Å². The van der Waals surface area contributed by atoms with E-state index < -0.39 is 0 Å². The Labute approximate surface area is 178 Å². The third-order valence-corrected chi connectivity index (χ3v) is 4.97. The van der Waals surface area contributed by atoms with Gasteiger partial charge in [-0.25, -0.2) is 0 Å². The van der Waals surface area contributed by atoms with Gasteiger partial charge in [0.05, 0.1) is 20.8 Å². The van der Waals surface area contributed by atoms with E-state index in [4.69, 9.17) is 9.47 Å². The van der Waals surface area contributed by atoms with Crippen LogP contribution in [0.3, 0.4) is 0 Å². The van der Waals surface area contributed by atoms with Crippen LogP contribution in [-0.2, 0) is 6.54 Å². The molecule has 0 atom stereocenters. The van der Waals surface area contributed by atoms with E-state index in [1.54, 1.807) is 81.1 Å². The third-order valence-electron chi connectivity index (χ3n) is 4.97. The summed E-state index contributed by atoms with van der Waals surface area (Å²) in [6, 6.07) is 19.4. The van der Waals surface area contributed by atoms with Crippen molar-refractivity contribution in [2.24, 2.45) is 0 Å². The van der Waals surface area contributed by atoms with Crippen LogP contribution in [-0.4, -0.2) is 30.1 Å². The van der Waals surface area contributed by atoms with Gasteiger partial charge in [-0.2, -0.15) is 0 Å². The number of ether oxygens (including phenoxy) is 2. The number of hydrogen-bond donors (Lipinski definition) is 1. The Balaban J connectivity index is 1.77. The highest BCUT2D eigenvalue weighted by Crippen LogP contribution is 2.24. The number of carbonyl (C=O) groups is 1. The highest BCUT2D eigenvalue weighted by Gasteiger charge is 2.21. The zero-order valence-electron chi connectivity index (χ0n) is 17.2. The van der Waals surface area contributed by atoms with Gasteiger partial charge in [-0.3, -0.25) is 14.6 Å². The fourth-order valence-electron chi connectivity index (χ4n) is 3.31. The van der Waals surface area contributed by atoms with Crippen LogP contribution in [0.4, 0.5) is 5.69 Å². The normalized spacial score (nSPS) is 10.6. The summed E-state index contributed by atoms with van der Waals surface area (Å²) in [5, 5.41) is 0.814. The molecule has 7 nitrogen and oxygen atoms in total. The molecular formula is C24H21N3O4. The summed E-state index contributed by atoms with van der Waals surface area (Å²) in [6.45, 7) is 0.0736. The lowest BCUT2D eigenvalue weighted by Crippen LogP contribution is -2.33. The van der Waals surface area contributed by atoms with Gasteiger partial charge >= 0.3 is 0 Å². The van der Waals surface area contributed by atoms with E-state index in [2.05, 4.69) is 9.97 Å². The summed E-state index contributed by atoms with van der Waals surface area (Å²) in [5.74, 6) is 1.04. The Kier molecular flexibility index (Phi) is 5.66. The summed E-state index contributed by atoms with van der Waals surface area (Å²) >= 11 is 0. The number of anilines is 1. The molecule has 2 aromatic carbocycles. The summed E-state index contributed by atoms with van der Waals surface area (Å²) < 4.78 is 10.5. The number of pyridine rings is 2. The first-order valence-electron chi connectivity index (χ1n) is 9.66. The Hall–Kier alpha value is -4.13. The highest BCUT2D eigenvalue weighted by molar-refractivity contribution is 6.04. The first-order valence-corrected chi connectivity index (χ1v) is 9.66. The monoisotopic (exact) mass is 415 g/mol. The first-order chi connectivity index (χ1) is 15.1. The van der Waals surface area contributed by atoms with Gasteiger partial charge in [0.15, 0.2) is 0 Å². The minimum atomic E-state index is -0.309. The zero-order chi connectivity index (χ0) is 21.8. The van der Waals surface area contributed by atoms with Gasteiger partial charge in [-0.05, 0) is 60.7 Å². The van der Waals surface area contributed by atoms with E-state index in [1.807, 2.05) is 6.07 Å². The third kappa shape index (κ3) is 4.25. The summed E-state index contributed by atoms with van der Waals surface area (Å²) in [7, 11) is 3.17. The Morgan fingerprint density at radius 2 is 1.71 bits per heavy atom. The number of aromatic nitrogens is 2. The van der Waals surface area contributed by atoms with Crippen LogP contribution in [0.2, 0.25) is 0 Å². The average molecular weight is 415 g/mol. The molecule has 4 aromatic rings. The van der Waals surface area contributed by atoms with Crippen LogP contribution in [0.5, 0.6) is 11.5 Å². The van der Waals surface area contributed by atoms with Crippen molar-refractivity contribution < 1.29 is 14.3 Å². The number of aromatic amines is 1. The van der Waals surface area contributed by atoms with Crippen molar-refractivity contribution in [1.82, 2.24) is 9.97 Å². The van der Waals surface area contributed by atoms with Crippen LogP contribution >= 0.6 is 0 Å². The Morgan fingerprint density at radius 3 is 2.39 bits per heavy atom. The second-order valence-corrected chi connectivity index (χ2v) is 6.88. The second-order valence-electron chi connectivity index (χ2n) is 6.88. The van der Waals surface area contributed by atoms with Crippen molar-refractivity contribution in [2.45, 2.75) is 6.54 Å². The summed E-state index contributed by atoms with van der Waals surface area (Å²) in [5.41, 5.74) is 1.80. The number of rotatable bonds is 6. The molecule has 0 radical (unpaired) electrons. The highest BCUT2D eigenvalue weighted by atomic mass is 16.5. The molecule has 4 rings (SSSR count). The maximum absolute atomic E-state index is 13.3. The van der Waals surface area contributed by atoms with Crippen LogP contribution in [0.15, 0.2) is 77.7 Å². The molecule has 0 saturated heterocycles. The lowest BCUT2D eigenvalue weighted by atomic mass is 10.1. The Morgan fingerprint density at radius 1 is 0.968 bits per heavy atom. The fraction of sp³-hybridized carbons (Fsp3) is 0.125. The largest absolute Gasteiger partial charge is 0.497 e. The van der Waals surface area contributed by atoms with Crippen molar-refractivity contribution in [3.8, 4) is 11.5 Å². The molecule has 1 amide bonds. The van der Waals surface area contributed by atoms with E-state index in [0.29, 0.717) is 28.3 Å². The number of hydrogen-bond acceptors (Lipinski definition) is 5. The number of H-pyrrole nitrogens is 1. The van der Waals surface area contributed by atoms with Gasteiger partial charge < -0.3 is 19.4 Å². The molecule has 31 heavy (non-hydrogen) atoms. The van der Waals surface area contributed by atoms with Crippen molar-refractivity contribution in [3.63, 3.8) is 0 Å². The number of amides is 1. The molecule has 2 aromatic heterocycles. The molecule has 2 heterocycles. The van der Waals surface area contributed by atoms with Crippen molar-refractivity contribution in [3.05, 3.63) is 94.5 Å². The molecule has 0 saturated carbocycles. The predicted molar refractivity (Wildman–Crippen MR) is 119 cm³/mol. The van der Waals surface area contributed by atoms with Crippen molar-refractivity contribution >= 4 is 22.5 Å². The molecule has 156 valence electrons. The predicted octanol–water partition coefficient (Wildman–Crippen LogP) is 3.79. The maximum Gasteiger partial charge on any atom is 0.277 e. The molecular weight excluding hydrogens is 394 g/mol. The minimum absolute atomic E-state index is 0.0736. The number of nitrogens with one attached hydrogen (secondary N) is 1. The van der Waals surface area contributed by atoms with Gasteiger partial charge in [0, 0.05) is 28.4 Å². The number of nitrogens with zero attached hydrogens (tertiary/aromatic N) is 2. The Bertz CT molecular complexity index is 1270. The first kappa shape index (κ1) is 20.2. The lowest BCUT2D eigenvalue weighted by Gasteiger charge is -2.23. The van der Waals surface area contributed by atoms with Gasteiger partial charge in [0.2, 0.25) is 0 Å². The average Bonchev–Trinajstić information content (AvgIpc) is 2.82. The summed E-state index contributed by atoms with van der Waals surface area (Å²) in [6.07, 6.45) is 1.56. The molecule has 0 bridgehead atoms. The van der Waals surface area contributed by atoms with Crippen LogP contribution in [0.1, 0.15) is 16.1 Å². The molecule has 0 aliphatic carbocycles. The van der Waals surface area contributed by atoms with Crippen molar-refractivity contribution in [2.75, 3.05) is 19.1 Å². The van der Waals surface area contributed by atoms with Gasteiger partial charge in [-0.15, -0.1) is 0 Å². The SMILES string of the molecule is COc1ccc(N(Cc2cc3cc(OC)ccc3[nH]c2=O)C(=O)c2ccccn2)cc1. The van der Waals surface area contributed by atoms with Crippen LogP contribution < -0.4 is 19.9 Å². The standard InChI is InChI=1S/C24H21N3O4/c1-30-19-8-6-18(7-9-19)27(24(29)22-5-3-4-12-25-22)15-17-13-16-14-20(31-2)10-11-21(16)26-23(17)28/h3-14H,15H2,1-2H3,(H,26,28). The molecule has 7 heteroatoms. The molecule has 0 unspecified atom stereocenters. The molecule has 0 aliphatic rings. The molecule has 1 N–H and O–H groups in total. The minimum Gasteiger partial charge on any atom is -0.497 e. The molecule has 0 spiro atoms. The smallest absolute Gasteiger partial charge is 0.277 e. The quantitative estimate of drug-likeness (QED) is 0.518. The van der Waals surface area contributed by atoms with E-state index >= 15 is 0 Å². The van der Waals surface area contributed by atoms with E-state index in [9.17, 15) is 9.59 Å². The number of benzene rings is 2. The number of fused-ring (bicyclic) bond motifs is 1. The molecule has 0 fully saturated rings. The van der Waals surface area contributed by atoms with Gasteiger partial charge in [0.1, 0.15) is 17.2 Å². The lowest BCUT2D eigenvalue weighted by molar-refractivity contribution is 0.0980. The fourth-order valence-corrected chi connectivity index (χ4v) is 3.31. The van der Waals surface area contributed by atoms with Crippen molar-refractivity contribution in [1.29, 1.82) is 0 Å². The number of methoxy groups -OCH3 is 2. The maximum atomic E-state index is 13.3. The summed E-state index contributed by atoms with van der Waals surface area (Å²) in [4.78, 5) is 34.6. The number of carbonyl (C=O) groups excluding carboxylic acids is 1. The van der Waals surface area contributed by atoms with Gasteiger partial charge in [-0.1, -0.05) is 6.07 Å². The topological polar surface area (TPSA) is 84.5 Å². The van der Waals surface area contributed by atoms with Crippen LogP contribution in [0.25, 0.3) is 10.9 Å². The van der Waals surface area contributed by atoms with Crippen LogP contribution in [0, 0.1) is 0 Å². The van der Waals surface area contributed by atoms with Gasteiger partial charge in [0.25, 0.3) is 11.5 Å². The van der Waals surface area contributed by atoms with E-state index in [-0.39, 0.29) is 23.7 Å².